The largest absolute Gasteiger partial charge is 0.441 e. The fraction of sp³-hybridized carbons (Fsp3) is 0.250. The number of likely N-dealkylation sites (tertiary alicyclic amines) is 1. The second-order valence-corrected chi connectivity index (χ2v) is 8.14. The maximum Gasteiger partial charge on any atom is 0.269 e. The van der Waals surface area contributed by atoms with Crippen LogP contribution >= 0.6 is 0 Å². The number of oxazole rings is 1. The molecule has 35 heavy (non-hydrogen) atoms. The van der Waals surface area contributed by atoms with Gasteiger partial charge in [0.2, 0.25) is 0 Å². The fourth-order valence-corrected chi connectivity index (χ4v) is 4.29. The van der Waals surface area contributed by atoms with Crippen LogP contribution in [0.3, 0.4) is 0 Å². The van der Waals surface area contributed by atoms with Crippen LogP contribution in [0.5, 0.6) is 0 Å². The molecule has 3 heterocycles. The van der Waals surface area contributed by atoms with Crippen molar-refractivity contribution in [2.45, 2.75) is 31.2 Å². The molecule has 11 heteroatoms. The molecule has 0 spiro atoms. The van der Waals surface area contributed by atoms with Gasteiger partial charge >= 0.3 is 0 Å². The average molecular weight is 488 g/mol. The first-order chi connectivity index (χ1) is 16.7. The molecule has 0 bridgehead atoms. The zero-order valence-electron chi connectivity index (χ0n) is 18.0. The fourth-order valence-electron chi connectivity index (χ4n) is 4.29. The molecule has 0 saturated carbocycles. The van der Waals surface area contributed by atoms with Crippen molar-refractivity contribution in [3.8, 4) is 11.4 Å². The van der Waals surface area contributed by atoms with Gasteiger partial charge in [-0.25, -0.2) is 36.9 Å². The highest BCUT2D eigenvalue weighted by atomic mass is 19.3. The molecule has 1 aliphatic heterocycles. The topological polar surface area (TPSA) is 72.1 Å². The van der Waals surface area contributed by atoms with E-state index in [1.165, 1.54) is 30.6 Å². The van der Waals surface area contributed by atoms with Gasteiger partial charge in [-0.2, -0.15) is 0 Å². The number of carbonyl (C=O) groups excluding carboxylic acids is 1. The third kappa shape index (κ3) is 4.22. The number of hydrogen-bond acceptors (Lipinski definition) is 5. The zero-order valence-corrected chi connectivity index (χ0v) is 18.0. The van der Waals surface area contributed by atoms with Gasteiger partial charge in [0, 0.05) is 37.8 Å². The van der Waals surface area contributed by atoms with Gasteiger partial charge in [0.25, 0.3) is 11.8 Å². The molecule has 1 fully saturated rings. The lowest BCUT2D eigenvalue weighted by molar-refractivity contribution is -0.0324. The minimum Gasteiger partial charge on any atom is -0.441 e. The van der Waals surface area contributed by atoms with Gasteiger partial charge in [0.05, 0.1) is 17.2 Å². The van der Waals surface area contributed by atoms with E-state index in [2.05, 4.69) is 15.0 Å². The highest BCUT2D eigenvalue weighted by molar-refractivity contribution is 6.01. The van der Waals surface area contributed by atoms with Crippen LogP contribution in [0, 0.1) is 17.5 Å². The van der Waals surface area contributed by atoms with E-state index in [1.54, 1.807) is 0 Å². The third-order valence-corrected chi connectivity index (χ3v) is 5.94. The van der Waals surface area contributed by atoms with Crippen molar-refractivity contribution >= 4 is 17.0 Å². The maximum atomic E-state index is 14.8. The second kappa shape index (κ2) is 8.71. The molecule has 5 rings (SSSR count). The van der Waals surface area contributed by atoms with E-state index in [9.17, 15) is 26.7 Å². The highest BCUT2D eigenvalue weighted by Crippen LogP contribution is 2.39. The number of aryl methyl sites for hydroxylation is 1. The van der Waals surface area contributed by atoms with Crippen LogP contribution in [0.1, 0.15) is 29.1 Å². The summed E-state index contributed by atoms with van der Waals surface area (Å²) in [6.07, 6.45) is 1.60. The number of benzene rings is 2. The normalized spacial score (nSPS) is 17.3. The first-order valence-electron chi connectivity index (χ1n) is 10.7. The summed E-state index contributed by atoms with van der Waals surface area (Å²) in [5.41, 5.74) is -0.677. The van der Waals surface area contributed by atoms with Crippen LogP contribution < -0.4 is 0 Å². The predicted molar refractivity (Wildman–Crippen MR) is 114 cm³/mol. The molecule has 1 aliphatic rings. The van der Waals surface area contributed by atoms with Gasteiger partial charge in [0.15, 0.2) is 17.3 Å². The summed E-state index contributed by atoms with van der Waals surface area (Å²) < 4.78 is 78.0. The summed E-state index contributed by atoms with van der Waals surface area (Å²) in [4.78, 5) is 26.1. The Balaban J connectivity index is 1.46. The summed E-state index contributed by atoms with van der Waals surface area (Å²) in [7, 11) is 0. The number of nitrogens with zero attached hydrogens (tertiary/aromatic N) is 4. The number of aromatic nitrogens is 3. The van der Waals surface area contributed by atoms with Crippen molar-refractivity contribution in [3.05, 3.63) is 77.7 Å². The Labute approximate surface area is 195 Å². The first-order valence-corrected chi connectivity index (χ1v) is 10.7. The molecular formula is C24H17F5N4O2. The van der Waals surface area contributed by atoms with Crippen LogP contribution in [0.4, 0.5) is 22.0 Å². The zero-order chi connectivity index (χ0) is 24.7. The Kier molecular flexibility index (Phi) is 5.70. The van der Waals surface area contributed by atoms with Crippen LogP contribution in [0.15, 0.2) is 53.2 Å². The molecule has 4 aromatic rings. The molecule has 0 radical (unpaired) electrons. The molecule has 0 N–H and O–H groups in total. The monoisotopic (exact) mass is 488 g/mol. The van der Waals surface area contributed by atoms with Gasteiger partial charge in [-0.05, 0) is 36.8 Å². The second-order valence-electron chi connectivity index (χ2n) is 8.14. The molecule has 2 aromatic carbocycles. The standard InChI is InChI=1S/C24H17F5N4O2/c25-13-2-5-16-17(12-13)35-19(32-16)7-6-18-24(28,29)8-11-33(18)23(34)21-15(27)4-3-14(26)20(21)22-30-9-1-10-31-22/h1-5,9-10,12,18H,6-8,11H2/t18-/m1/s1. The smallest absolute Gasteiger partial charge is 0.269 e. The summed E-state index contributed by atoms with van der Waals surface area (Å²) in [5.74, 6) is -7.08. The van der Waals surface area contributed by atoms with E-state index >= 15 is 0 Å². The molecule has 1 amide bonds. The van der Waals surface area contributed by atoms with Crippen molar-refractivity contribution < 1.29 is 31.2 Å². The Morgan fingerprint density at radius 2 is 1.83 bits per heavy atom. The first kappa shape index (κ1) is 22.9. The van der Waals surface area contributed by atoms with E-state index in [0.717, 1.165) is 23.1 Å². The minimum atomic E-state index is -3.28. The Hall–Kier alpha value is -3.89. The SMILES string of the molecule is O=C(c1c(F)ccc(F)c1-c1ncccn1)N1CCC(F)(F)[C@H]1CCc1nc2ccc(F)cc2o1. The van der Waals surface area contributed by atoms with E-state index < -0.39 is 52.9 Å². The van der Waals surface area contributed by atoms with Crippen molar-refractivity contribution in [2.24, 2.45) is 0 Å². The predicted octanol–water partition coefficient (Wildman–Crippen LogP) is 5.18. The van der Waals surface area contributed by atoms with Gasteiger partial charge in [-0.1, -0.05) is 0 Å². The summed E-state index contributed by atoms with van der Waals surface area (Å²) in [5, 5.41) is 0. The van der Waals surface area contributed by atoms with Crippen molar-refractivity contribution in [1.82, 2.24) is 19.9 Å². The molecule has 0 aliphatic carbocycles. The van der Waals surface area contributed by atoms with Gasteiger partial charge in [-0.3, -0.25) is 4.79 Å². The van der Waals surface area contributed by atoms with Crippen LogP contribution in [0.25, 0.3) is 22.5 Å². The van der Waals surface area contributed by atoms with Crippen molar-refractivity contribution in [1.29, 1.82) is 0 Å². The van der Waals surface area contributed by atoms with Crippen molar-refractivity contribution in [3.63, 3.8) is 0 Å². The van der Waals surface area contributed by atoms with Gasteiger partial charge < -0.3 is 9.32 Å². The highest BCUT2D eigenvalue weighted by Gasteiger charge is 2.51. The molecule has 180 valence electrons. The summed E-state index contributed by atoms with van der Waals surface area (Å²) in [6, 6.07) is 5.15. The quantitative estimate of drug-likeness (QED) is 0.362. The number of rotatable bonds is 5. The number of carbonyl (C=O) groups is 1. The lowest BCUT2D eigenvalue weighted by Crippen LogP contribution is -2.43. The van der Waals surface area contributed by atoms with Crippen LogP contribution in [-0.2, 0) is 6.42 Å². The molecule has 6 nitrogen and oxygen atoms in total. The summed E-state index contributed by atoms with van der Waals surface area (Å²) in [6.45, 7) is -0.361. The Bertz CT molecular complexity index is 1410. The average Bonchev–Trinajstić information content (AvgIpc) is 3.37. The number of alkyl halides is 2. The third-order valence-electron chi connectivity index (χ3n) is 5.94. The van der Waals surface area contributed by atoms with E-state index in [4.69, 9.17) is 4.42 Å². The molecule has 1 atom stereocenters. The minimum absolute atomic E-state index is 0.0827. The Morgan fingerprint density at radius 3 is 2.60 bits per heavy atom. The Morgan fingerprint density at radius 1 is 1.09 bits per heavy atom. The molecular weight excluding hydrogens is 471 g/mol. The lowest BCUT2D eigenvalue weighted by atomic mass is 10.0. The van der Waals surface area contributed by atoms with Crippen molar-refractivity contribution in [2.75, 3.05) is 6.54 Å². The molecule has 1 saturated heterocycles. The number of amides is 1. The number of halogens is 5. The van der Waals surface area contributed by atoms with Crippen LogP contribution in [-0.4, -0.2) is 44.3 Å². The van der Waals surface area contributed by atoms with E-state index in [1.807, 2.05) is 0 Å². The van der Waals surface area contributed by atoms with E-state index in [0.29, 0.717) is 5.52 Å². The molecule has 0 unspecified atom stereocenters. The lowest BCUT2D eigenvalue weighted by Gasteiger charge is -2.28. The number of fused-ring (bicyclic) bond motifs is 1. The number of hydrogen-bond donors (Lipinski definition) is 0. The van der Waals surface area contributed by atoms with Crippen LogP contribution in [0.2, 0.25) is 0 Å². The summed E-state index contributed by atoms with van der Waals surface area (Å²) >= 11 is 0. The molecule has 2 aromatic heterocycles. The van der Waals surface area contributed by atoms with E-state index in [-0.39, 0.29) is 36.7 Å². The maximum absolute atomic E-state index is 14.8. The van der Waals surface area contributed by atoms with Gasteiger partial charge in [-0.15, -0.1) is 0 Å². The van der Waals surface area contributed by atoms with Gasteiger partial charge in [0.1, 0.15) is 23.0 Å².